The van der Waals surface area contributed by atoms with Gasteiger partial charge in [-0.15, -0.1) is 0 Å². The fourth-order valence-electron chi connectivity index (χ4n) is 3.03. The molecule has 0 aromatic heterocycles. The summed E-state index contributed by atoms with van der Waals surface area (Å²) in [5.74, 6) is -0.474. The first-order chi connectivity index (χ1) is 9.11. The van der Waals surface area contributed by atoms with Gasteiger partial charge in [0.1, 0.15) is 6.10 Å². The molecule has 0 bridgehead atoms. The number of hydrogen-bond acceptors (Lipinski definition) is 2. The van der Waals surface area contributed by atoms with Crippen molar-refractivity contribution in [3.05, 3.63) is 40.7 Å². The predicted octanol–water partition coefficient (Wildman–Crippen LogP) is 4.94. The summed E-state index contributed by atoms with van der Waals surface area (Å²) in [5, 5.41) is 1.23. The summed E-state index contributed by atoms with van der Waals surface area (Å²) in [4.78, 5) is 0. The molecule has 19 heavy (non-hydrogen) atoms. The zero-order valence-electron chi connectivity index (χ0n) is 10.7. The molecule has 0 unspecified atom stereocenters. The molecule has 0 amide bonds. The Hall–Kier alpha value is -0.280. The van der Waals surface area contributed by atoms with Gasteiger partial charge in [0.25, 0.3) is 0 Å². The van der Waals surface area contributed by atoms with Crippen molar-refractivity contribution in [2.45, 2.75) is 50.1 Å². The lowest BCUT2D eigenvalue weighted by molar-refractivity contribution is -0.192. The molecule has 1 aliphatic carbocycles. The molecular formula is C15H17Cl2O2. The zero-order chi connectivity index (χ0) is 13.5. The van der Waals surface area contributed by atoms with Gasteiger partial charge < -0.3 is 9.47 Å². The molecule has 1 saturated heterocycles. The van der Waals surface area contributed by atoms with E-state index in [-0.39, 0.29) is 12.2 Å². The first kappa shape index (κ1) is 13.7. The number of hydrogen-bond donors (Lipinski definition) is 0. The van der Waals surface area contributed by atoms with Crippen LogP contribution in [0.1, 0.15) is 43.8 Å². The van der Waals surface area contributed by atoms with Gasteiger partial charge in [-0.2, -0.15) is 0 Å². The minimum Gasteiger partial charge on any atom is -0.344 e. The number of ether oxygens (including phenoxy) is 2. The van der Waals surface area contributed by atoms with Crippen LogP contribution in [0, 0.1) is 6.92 Å². The second-order valence-corrected chi connectivity index (χ2v) is 6.12. The van der Waals surface area contributed by atoms with Crippen LogP contribution in [0.4, 0.5) is 0 Å². The van der Waals surface area contributed by atoms with Crippen LogP contribution < -0.4 is 0 Å². The summed E-state index contributed by atoms with van der Waals surface area (Å²) in [6.45, 7) is 4.06. The van der Waals surface area contributed by atoms with Crippen LogP contribution in [0.2, 0.25) is 10.0 Å². The molecule has 2 fully saturated rings. The minimum atomic E-state index is -0.474. The van der Waals surface area contributed by atoms with E-state index in [0.29, 0.717) is 10.0 Å². The fraction of sp³-hybridized carbons (Fsp3) is 0.533. The van der Waals surface area contributed by atoms with Gasteiger partial charge in [0.15, 0.2) is 5.79 Å². The maximum Gasteiger partial charge on any atom is 0.169 e. The van der Waals surface area contributed by atoms with E-state index >= 15 is 0 Å². The summed E-state index contributed by atoms with van der Waals surface area (Å²) in [6, 6.07) is 5.48. The molecular weight excluding hydrogens is 283 g/mol. The minimum absolute atomic E-state index is 0.268. The summed E-state index contributed by atoms with van der Waals surface area (Å²) in [6.07, 6.45) is 4.82. The third-order valence-corrected chi connectivity index (χ3v) is 4.60. The van der Waals surface area contributed by atoms with Crippen LogP contribution in [0.3, 0.4) is 0 Å². The van der Waals surface area contributed by atoms with Gasteiger partial charge in [-0.05, 0) is 31.9 Å². The van der Waals surface area contributed by atoms with Gasteiger partial charge in [0.2, 0.25) is 0 Å². The second-order valence-electron chi connectivity index (χ2n) is 5.30. The first-order valence-corrected chi connectivity index (χ1v) is 7.49. The van der Waals surface area contributed by atoms with Gasteiger partial charge in [0, 0.05) is 28.5 Å². The van der Waals surface area contributed by atoms with E-state index in [2.05, 4.69) is 6.92 Å². The van der Waals surface area contributed by atoms with E-state index in [1.54, 1.807) is 0 Å². The number of rotatable bonds is 1. The van der Waals surface area contributed by atoms with E-state index in [0.717, 1.165) is 31.2 Å². The third-order valence-electron chi connectivity index (χ3n) is 3.95. The monoisotopic (exact) mass is 299 g/mol. The molecule has 1 spiro atoms. The molecule has 103 valence electrons. The molecule has 1 aromatic carbocycles. The van der Waals surface area contributed by atoms with E-state index in [9.17, 15) is 0 Å². The molecule has 3 rings (SSSR count). The van der Waals surface area contributed by atoms with E-state index < -0.39 is 5.79 Å². The average molecular weight is 300 g/mol. The molecule has 2 nitrogen and oxygen atoms in total. The van der Waals surface area contributed by atoms with E-state index in [4.69, 9.17) is 32.7 Å². The first-order valence-electron chi connectivity index (χ1n) is 6.74. The molecule has 1 aromatic rings. The summed E-state index contributed by atoms with van der Waals surface area (Å²) in [5.41, 5.74) is 0.799. The highest BCUT2D eigenvalue weighted by Crippen LogP contribution is 2.48. The standard InChI is InChI=1S/C15H17Cl2O2/c1-10-14(13-11(16)6-5-7-12(13)17)19-15(18-10)8-3-2-4-9-15/h5-7,10,14H,1-4,8-9H2/t10-,14+/m0/s1. The molecule has 2 atom stereocenters. The molecule has 1 aliphatic heterocycles. The Kier molecular flexibility index (Phi) is 3.78. The van der Waals surface area contributed by atoms with Crippen LogP contribution in [-0.4, -0.2) is 11.9 Å². The SMILES string of the molecule is [CH2][C@@H]1OC2(CCCCC2)O[C@H]1c1c(Cl)cccc1Cl. The van der Waals surface area contributed by atoms with Gasteiger partial charge in [0.05, 0.1) is 6.10 Å². The lowest BCUT2D eigenvalue weighted by atomic mass is 9.94. The maximum absolute atomic E-state index is 6.25. The number of benzene rings is 1. The molecule has 0 N–H and O–H groups in total. The van der Waals surface area contributed by atoms with Crippen molar-refractivity contribution in [2.24, 2.45) is 0 Å². The van der Waals surface area contributed by atoms with Gasteiger partial charge in [-0.3, -0.25) is 0 Å². The summed E-state index contributed by atoms with van der Waals surface area (Å²) < 4.78 is 12.2. The smallest absolute Gasteiger partial charge is 0.169 e. The summed E-state index contributed by atoms with van der Waals surface area (Å²) in [7, 11) is 0. The zero-order valence-corrected chi connectivity index (χ0v) is 12.2. The van der Waals surface area contributed by atoms with Gasteiger partial charge in [-0.1, -0.05) is 35.7 Å². The predicted molar refractivity (Wildman–Crippen MR) is 76.3 cm³/mol. The Balaban J connectivity index is 1.90. The second kappa shape index (κ2) is 5.25. The lowest BCUT2D eigenvalue weighted by Crippen LogP contribution is -2.33. The van der Waals surface area contributed by atoms with Crippen LogP contribution in [0.5, 0.6) is 0 Å². The van der Waals surface area contributed by atoms with Crippen molar-refractivity contribution in [3.63, 3.8) is 0 Å². The van der Waals surface area contributed by atoms with Crippen LogP contribution >= 0.6 is 23.2 Å². The highest BCUT2D eigenvalue weighted by molar-refractivity contribution is 6.36. The molecule has 1 radical (unpaired) electrons. The van der Waals surface area contributed by atoms with Crippen molar-refractivity contribution in [3.8, 4) is 0 Å². The van der Waals surface area contributed by atoms with Gasteiger partial charge >= 0.3 is 0 Å². The lowest BCUT2D eigenvalue weighted by Gasteiger charge is -2.32. The highest BCUT2D eigenvalue weighted by Gasteiger charge is 2.47. The Bertz CT molecular complexity index is 449. The van der Waals surface area contributed by atoms with Crippen molar-refractivity contribution < 1.29 is 9.47 Å². The summed E-state index contributed by atoms with van der Waals surface area (Å²) >= 11 is 12.5. The Morgan fingerprint density at radius 2 is 1.68 bits per heavy atom. The maximum atomic E-state index is 6.25. The van der Waals surface area contributed by atoms with Crippen LogP contribution in [0.15, 0.2) is 18.2 Å². The van der Waals surface area contributed by atoms with Crippen LogP contribution in [0.25, 0.3) is 0 Å². The Morgan fingerprint density at radius 3 is 2.32 bits per heavy atom. The highest BCUT2D eigenvalue weighted by atomic mass is 35.5. The van der Waals surface area contributed by atoms with E-state index in [1.807, 2.05) is 18.2 Å². The average Bonchev–Trinajstić information content (AvgIpc) is 2.67. The van der Waals surface area contributed by atoms with Crippen LogP contribution in [-0.2, 0) is 9.47 Å². The topological polar surface area (TPSA) is 18.5 Å². The van der Waals surface area contributed by atoms with Crippen molar-refractivity contribution in [1.29, 1.82) is 0 Å². The largest absolute Gasteiger partial charge is 0.344 e. The third kappa shape index (κ3) is 2.52. The number of halogens is 2. The molecule has 2 aliphatic rings. The Morgan fingerprint density at radius 1 is 1.05 bits per heavy atom. The van der Waals surface area contributed by atoms with E-state index in [1.165, 1.54) is 6.42 Å². The van der Waals surface area contributed by atoms with Gasteiger partial charge in [-0.25, -0.2) is 0 Å². The van der Waals surface area contributed by atoms with Crippen molar-refractivity contribution in [1.82, 2.24) is 0 Å². The molecule has 4 heteroatoms. The quantitative estimate of drug-likeness (QED) is 0.731. The normalized spacial score (nSPS) is 29.8. The molecule has 1 heterocycles. The molecule has 1 saturated carbocycles. The van der Waals surface area contributed by atoms with Crippen molar-refractivity contribution in [2.75, 3.05) is 0 Å². The van der Waals surface area contributed by atoms with Crippen molar-refractivity contribution >= 4 is 23.2 Å². The fourth-order valence-corrected chi connectivity index (χ4v) is 3.64. The Labute approximate surface area is 124 Å².